The molecule has 2 aliphatic heterocycles. The standard InChI is InChI=1S/C12H17N3/c13-15-7-5-12(6-8-15)9-14-11-4-2-1-3-10(11)12/h1-4,14H,5-9,13H2. The molecule has 2 heterocycles. The molecule has 1 aromatic carbocycles. The van der Waals surface area contributed by atoms with Gasteiger partial charge < -0.3 is 5.32 Å². The van der Waals surface area contributed by atoms with Gasteiger partial charge in [-0.15, -0.1) is 0 Å². The van der Waals surface area contributed by atoms with Gasteiger partial charge in [0.1, 0.15) is 0 Å². The number of hydrogen-bond donors (Lipinski definition) is 2. The average molecular weight is 203 g/mol. The number of nitrogens with one attached hydrogen (secondary N) is 1. The van der Waals surface area contributed by atoms with Crippen LogP contribution in [0.3, 0.4) is 0 Å². The van der Waals surface area contributed by atoms with Gasteiger partial charge in [0.15, 0.2) is 0 Å². The van der Waals surface area contributed by atoms with Gasteiger partial charge in [-0.25, -0.2) is 5.01 Å². The summed E-state index contributed by atoms with van der Waals surface area (Å²) in [7, 11) is 0. The third-order valence-electron chi connectivity index (χ3n) is 3.87. The quantitative estimate of drug-likeness (QED) is 0.625. The Bertz CT molecular complexity index is 367. The summed E-state index contributed by atoms with van der Waals surface area (Å²) in [5, 5.41) is 5.45. The maximum atomic E-state index is 5.82. The van der Waals surface area contributed by atoms with Gasteiger partial charge in [-0.1, -0.05) is 18.2 Å². The van der Waals surface area contributed by atoms with Gasteiger partial charge in [-0.05, 0) is 24.5 Å². The molecule has 80 valence electrons. The lowest BCUT2D eigenvalue weighted by Gasteiger charge is -2.37. The van der Waals surface area contributed by atoms with Gasteiger partial charge >= 0.3 is 0 Å². The first-order valence-corrected chi connectivity index (χ1v) is 5.63. The van der Waals surface area contributed by atoms with E-state index in [1.54, 1.807) is 0 Å². The summed E-state index contributed by atoms with van der Waals surface area (Å²) in [5.41, 5.74) is 3.17. The van der Waals surface area contributed by atoms with Crippen LogP contribution in [0.5, 0.6) is 0 Å². The highest BCUT2D eigenvalue weighted by Crippen LogP contribution is 2.43. The number of hydrogen-bond acceptors (Lipinski definition) is 3. The van der Waals surface area contributed by atoms with E-state index < -0.39 is 0 Å². The Morgan fingerprint density at radius 2 is 1.93 bits per heavy atom. The molecule has 1 spiro atoms. The molecule has 0 amide bonds. The van der Waals surface area contributed by atoms with Crippen LogP contribution >= 0.6 is 0 Å². The molecule has 0 aromatic heterocycles. The van der Waals surface area contributed by atoms with Crippen molar-refractivity contribution < 1.29 is 0 Å². The minimum atomic E-state index is 0.354. The van der Waals surface area contributed by atoms with Crippen LogP contribution in [0.15, 0.2) is 24.3 Å². The van der Waals surface area contributed by atoms with E-state index >= 15 is 0 Å². The van der Waals surface area contributed by atoms with Gasteiger partial charge in [-0.2, -0.15) is 0 Å². The maximum absolute atomic E-state index is 5.82. The van der Waals surface area contributed by atoms with E-state index in [0.29, 0.717) is 5.41 Å². The molecule has 15 heavy (non-hydrogen) atoms. The number of fused-ring (bicyclic) bond motifs is 2. The van der Waals surface area contributed by atoms with E-state index in [0.717, 1.165) is 19.6 Å². The second kappa shape index (κ2) is 3.22. The predicted molar refractivity (Wildman–Crippen MR) is 61.6 cm³/mol. The average Bonchev–Trinajstić information content (AvgIpc) is 2.63. The number of piperidine rings is 1. The largest absolute Gasteiger partial charge is 0.384 e. The Balaban J connectivity index is 1.95. The predicted octanol–water partition coefficient (Wildman–Crippen LogP) is 1.32. The lowest BCUT2D eigenvalue weighted by Crippen LogP contribution is -2.46. The third-order valence-corrected chi connectivity index (χ3v) is 3.87. The molecule has 1 fully saturated rings. The number of benzene rings is 1. The lowest BCUT2D eigenvalue weighted by molar-refractivity contribution is 0.171. The minimum absolute atomic E-state index is 0.354. The molecule has 0 unspecified atom stereocenters. The summed E-state index contributed by atoms with van der Waals surface area (Å²) < 4.78 is 0. The number of hydrazine groups is 1. The molecule has 0 saturated carbocycles. The molecule has 3 nitrogen and oxygen atoms in total. The van der Waals surface area contributed by atoms with Crippen LogP contribution in [0.25, 0.3) is 0 Å². The Morgan fingerprint density at radius 3 is 2.73 bits per heavy atom. The molecule has 3 rings (SSSR count). The SMILES string of the molecule is NN1CCC2(CC1)CNc1ccccc12. The normalized spacial score (nSPS) is 23.8. The monoisotopic (exact) mass is 203 g/mol. The van der Waals surface area contributed by atoms with Crippen molar-refractivity contribution in [2.75, 3.05) is 25.0 Å². The second-order valence-corrected chi connectivity index (χ2v) is 4.72. The molecule has 0 bridgehead atoms. The summed E-state index contributed by atoms with van der Waals surface area (Å²) >= 11 is 0. The molecule has 1 aromatic rings. The first-order valence-electron chi connectivity index (χ1n) is 5.63. The third kappa shape index (κ3) is 1.34. The smallest absolute Gasteiger partial charge is 0.0379 e. The molecule has 3 heteroatoms. The fraction of sp³-hybridized carbons (Fsp3) is 0.500. The molecule has 0 atom stereocenters. The summed E-state index contributed by atoms with van der Waals surface area (Å²) in [6.45, 7) is 3.10. The van der Waals surface area contributed by atoms with Gasteiger partial charge in [0, 0.05) is 30.7 Å². The van der Waals surface area contributed by atoms with E-state index in [4.69, 9.17) is 5.84 Å². The van der Waals surface area contributed by atoms with Crippen molar-refractivity contribution >= 4 is 5.69 Å². The molecule has 0 aliphatic carbocycles. The van der Waals surface area contributed by atoms with Crippen LogP contribution in [-0.4, -0.2) is 24.6 Å². The first kappa shape index (κ1) is 9.19. The molecular weight excluding hydrogens is 186 g/mol. The van der Waals surface area contributed by atoms with Gasteiger partial charge in [0.05, 0.1) is 0 Å². The molecule has 2 aliphatic rings. The molecule has 3 N–H and O–H groups in total. The Hall–Kier alpha value is -1.06. The topological polar surface area (TPSA) is 41.3 Å². The number of anilines is 1. The minimum Gasteiger partial charge on any atom is -0.384 e. The van der Waals surface area contributed by atoms with Crippen molar-refractivity contribution in [3.63, 3.8) is 0 Å². The van der Waals surface area contributed by atoms with Crippen LogP contribution in [0.4, 0.5) is 5.69 Å². The summed E-state index contributed by atoms with van der Waals surface area (Å²) in [4.78, 5) is 0. The second-order valence-electron chi connectivity index (χ2n) is 4.72. The van der Waals surface area contributed by atoms with E-state index in [2.05, 4.69) is 29.6 Å². The van der Waals surface area contributed by atoms with Crippen molar-refractivity contribution in [2.45, 2.75) is 18.3 Å². The first-order chi connectivity index (χ1) is 7.30. The van der Waals surface area contributed by atoms with E-state index in [1.165, 1.54) is 24.1 Å². The highest BCUT2D eigenvalue weighted by atomic mass is 15.4. The van der Waals surface area contributed by atoms with Crippen molar-refractivity contribution in [3.05, 3.63) is 29.8 Å². The number of rotatable bonds is 0. The van der Waals surface area contributed by atoms with Crippen molar-refractivity contribution in [1.29, 1.82) is 0 Å². The number of nitrogens with zero attached hydrogens (tertiary/aromatic N) is 1. The Kier molecular flexibility index (Phi) is 1.97. The van der Waals surface area contributed by atoms with Crippen LogP contribution in [0.2, 0.25) is 0 Å². The van der Waals surface area contributed by atoms with E-state index in [-0.39, 0.29) is 0 Å². The van der Waals surface area contributed by atoms with Crippen LogP contribution in [-0.2, 0) is 5.41 Å². The van der Waals surface area contributed by atoms with Crippen molar-refractivity contribution in [3.8, 4) is 0 Å². The van der Waals surface area contributed by atoms with Crippen LogP contribution < -0.4 is 11.2 Å². The molecule has 0 radical (unpaired) electrons. The number of nitrogens with two attached hydrogens (primary N) is 1. The zero-order valence-corrected chi connectivity index (χ0v) is 8.87. The summed E-state index contributed by atoms with van der Waals surface area (Å²) in [6, 6.07) is 8.69. The zero-order valence-electron chi connectivity index (χ0n) is 8.87. The fourth-order valence-electron chi connectivity index (χ4n) is 2.86. The zero-order chi connectivity index (χ0) is 10.3. The highest BCUT2D eigenvalue weighted by Gasteiger charge is 2.40. The van der Waals surface area contributed by atoms with Crippen molar-refractivity contribution in [2.24, 2.45) is 5.84 Å². The Labute approximate surface area is 90.2 Å². The number of para-hydroxylation sites is 1. The lowest BCUT2D eigenvalue weighted by atomic mass is 9.75. The molecule has 1 saturated heterocycles. The molecular formula is C12H17N3. The summed E-state index contributed by atoms with van der Waals surface area (Å²) in [6.07, 6.45) is 2.35. The van der Waals surface area contributed by atoms with Gasteiger partial charge in [0.2, 0.25) is 0 Å². The van der Waals surface area contributed by atoms with Gasteiger partial charge in [0.25, 0.3) is 0 Å². The van der Waals surface area contributed by atoms with E-state index in [1.807, 2.05) is 5.01 Å². The van der Waals surface area contributed by atoms with Crippen molar-refractivity contribution in [1.82, 2.24) is 5.01 Å². The fourth-order valence-corrected chi connectivity index (χ4v) is 2.86. The summed E-state index contributed by atoms with van der Waals surface area (Å²) in [5.74, 6) is 5.82. The highest BCUT2D eigenvalue weighted by molar-refractivity contribution is 5.60. The Morgan fingerprint density at radius 1 is 1.20 bits per heavy atom. The maximum Gasteiger partial charge on any atom is 0.0379 e. The van der Waals surface area contributed by atoms with Crippen LogP contribution in [0.1, 0.15) is 18.4 Å². The van der Waals surface area contributed by atoms with E-state index in [9.17, 15) is 0 Å². The van der Waals surface area contributed by atoms with Gasteiger partial charge in [-0.3, -0.25) is 5.84 Å². The van der Waals surface area contributed by atoms with Crippen LogP contribution in [0, 0.1) is 0 Å².